The SMILES string of the molecule is Cc1cccc(C(C)C)c1Nc1ccnc(N2CCC(C)CC2)n1. The average molecular weight is 324 g/mol. The topological polar surface area (TPSA) is 41.1 Å². The lowest BCUT2D eigenvalue weighted by Crippen LogP contribution is -2.34. The molecule has 24 heavy (non-hydrogen) atoms. The molecule has 0 saturated carbocycles. The van der Waals surface area contributed by atoms with Crippen LogP contribution in [-0.2, 0) is 0 Å². The zero-order chi connectivity index (χ0) is 17.1. The van der Waals surface area contributed by atoms with Crippen molar-refractivity contribution in [3.8, 4) is 0 Å². The van der Waals surface area contributed by atoms with Crippen LogP contribution in [0.4, 0.5) is 17.5 Å². The van der Waals surface area contributed by atoms with Gasteiger partial charge in [0.25, 0.3) is 0 Å². The van der Waals surface area contributed by atoms with Gasteiger partial charge in [0.1, 0.15) is 5.82 Å². The Morgan fingerprint density at radius 2 is 1.92 bits per heavy atom. The number of para-hydroxylation sites is 1. The molecule has 1 aliphatic rings. The largest absolute Gasteiger partial charge is 0.341 e. The lowest BCUT2D eigenvalue weighted by atomic mass is 9.98. The summed E-state index contributed by atoms with van der Waals surface area (Å²) in [6, 6.07) is 8.40. The average Bonchev–Trinajstić information content (AvgIpc) is 2.57. The van der Waals surface area contributed by atoms with Crippen molar-refractivity contribution >= 4 is 17.5 Å². The van der Waals surface area contributed by atoms with Crippen LogP contribution in [0.1, 0.15) is 50.7 Å². The molecule has 128 valence electrons. The van der Waals surface area contributed by atoms with E-state index in [0.29, 0.717) is 5.92 Å². The highest BCUT2D eigenvalue weighted by atomic mass is 15.3. The molecule has 0 bridgehead atoms. The van der Waals surface area contributed by atoms with Gasteiger partial charge in [-0.25, -0.2) is 4.98 Å². The van der Waals surface area contributed by atoms with E-state index in [-0.39, 0.29) is 0 Å². The third kappa shape index (κ3) is 3.69. The van der Waals surface area contributed by atoms with Crippen molar-refractivity contribution < 1.29 is 0 Å². The first kappa shape index (κ1) is 16.7. The highest BCUT2D eigenvalue weighted by molar-refractivity contribution is 5.66. The van der Waals surface area contributed by atoms with Crippen LogP contribution in [0.5, 0.6) is 0 Å². The first-order valence-corrected chi connectivity index (χ1v) is 8.99. The maximum Gasteiger partial charge on any atom is 0.227 e. The van der Waals surface area contributed by atoms with Crippen molar-refractivity contribution in [3.05, 3.63) is 41.6 Å². The molecule has 1 aliphatic heterocycles. The Balaban J connectivity index is 1.83. The number of piperidine rings is 1. The van der Waals surface area contributed by atoms with E-state index in [9.17, 15) is 0 Å². The molecular weight excluding hydrogens is 296 g/mol. The molecule has 0 amide bonds. The smallest absolute Gasteiger partial charge is 0.227 e. The van der Waals surface area contributed by atoms with E-state index < -0.39 is 0 Å². The summed E-state index contributed by atoms with van der Waals surface area (Å²) in [5.41, 5.74) is 3.74. The maximum absolute atomic E-state index is 4.76. The van der Waals surface area contributed by atoms with Gasteiger partial charge >= 0.3 is 0 Å². The second-order valence-corrected chi connectivity index (χ2v) is 7.23. The molecule has 2 heterocycles. The van der Waals surface area contributed by atoms with E-state index in [1.54, 1.807) is 0 Å². The number of nitrogens with zero attached hydrogens (tertiary/aromatic N) is 3. The molecule has 3 rings (SSSR count). The number of anilines is 3. The predicted molar refractivity (Wildman–Crippen MR) is 101 cm³/mol. The van der Waals surface area contributed by atoms with Gasteiger partial charge in [0.15, 0.2) is 0 Å². The Labute approximate surface area is 145 Å². The fraction of sp³-hybridized carbons (Fsp3) is 0.500. The van der Waals surface area contributed by atoms with Crippen LogP contribution < -0.4 is 10.2 Å². The van der Waals surface area contributed by atoms with Gasteiger partial charge in [-0.05, 0) is 48.8 Å². The Bertz CT molecular complexity index is 688. The lowest BCUT2D eigenvalue weighted by Gasteiger charge is -2.30. The van der Waals surface area contributed by atoms with E-state index >= 15 is 0 Å². The molecule has 4 heteroatoms. The summed E-state index contributed by atoms with van der Waals surface area (Å²) in [4.78, 5) is 11.5. The maximum atomic E-state index is 4.76. The minimum atomic E-state index is 0.470. The van der Waals surface area contributed by atoms with Crippen LogP contribution in [0.25, 0.3) is 0 Å². The Kier molecular flexibility index (Phi) is 5.03. The summed E-state index contributed by atoms with van der Waals surface area (Å²) >= 11 is 0. The van der Waals surface area contributed by atoms with Crippen molar-refractivity contribution in [2.24, 2.45) is 5.92 Å². The molecular formula is C20H28N4. The van der Waals surface area contributed by atoms with Crippen molar-refractivity contribution in [2.45, 2.75) is 46.5 Å². The quantitative estimate of drug-likeness (QED) is 0.869. The van der Waals surface area contributed by atoms with Crippen molar-refractivity contribution in [1.82, 2.24) is 9.97 Å². The van der Waals surface area contributed by atoms with Gasteiger partial charge in [0.05, 0.1) is 0 Å². The summed E-state index contributed by atoms with van der Waals surface area (Å²) in [5, 5.41) is 3.53. The first-order chi connectivity index (χ1) is 11.5. The molecule has 1 aromatic heterocycles. The summed E-state index contributed by atoms with van der Waals surface area (Å²) in [7, 11) is 0. The number of benzene rings is 1. The summed E-state index contributed by atoms with van der Waals surface area (Å²) in [6.45, 7) is 11.0. The van der Waals surface area contributed by atoms with E-state index in [4.69, 9.17) is 4.98 Å². The molecule has 1 N–H and O–H groups in total. The van der Waals surface area contributed by atoms with Crippen LogP contribution in [-0.4, -0.2) is 23.1 Å². The Morgan fingerprint density at radius 3 is 2.62 bits per heavy atom. The summed E-state index contributed by atoms with van der Waals surface area (Å²) < 4.78 is 0. The fourth-order valence-electron chi connectivity index (χ4n) is 3.25. The third-order valence-corrected chi connectivity index (χ3v) is 4.89. The number of rotatable bonds is 4. The zero-order valence-corrected chi connectivity index (χ0v) is 15.2. The van der Waals surface area contributed by atoms with Crippen LogP contribution in [0.15, 0.2) is 30.5 Å². The van der Waals surface area contributed by atoms with E-state index in [0.717, 1.165) is 30.8 Å². The fourth-order valence-corrected chi connectivity index (χ4v) is 3.25. The molecule has 0 atom stereocenters. The van der Waals surface area contributed by atoms with Gasteiger partial charge in [-0.15, -0.1) is 0 Å². The van der Waals surface area contributed by atoms with Crippen molar-refractivity contribution in [3.63, 3.8) is 0 Å². The number of hydrogen-bond acceptors (Lipinski definition) is 4. The number of aryl methyl sites for hydroxylation is 1. The highest BCUT2D eigenvalue weighted by Crippen LogP contribution is 2.30. The second-order valence-electron chi connectivity index (χ2n) is 7.23. The molecule has 2 aromatic rings. The van der Waals surface area contributed by atoms with Gasteiger partial charge in [-0.2, -0.15) is 4.98 Å². The van der Waals surface area contributed by atoms with Crippen molar-refractivity contribution in [2.75, 3.05) is 23.3 Å². The molecule has 1 fully saturated rings. The highest BCUT2D eigenvalue weighted by Gasteiger charge is 2.18. The molecule has 1 saturated heterocycles. The minimum absolute atomic E-state index is 0.470. The molecule has 0 spiro atoms. The molecule has 0 radical (unpaired) electrons. The normalized spacial score (nSPS) is 15.8. The predicted octanol–water partition coefficient (Wildman–Crippen LogP) is 4.89. The summed E-state index contributed by atoms with van der Waals surface area (Å²) in [5.74, 6) is 2.99. The number of nitrogens with one attached hydrogen (secondary N) is 1. The van der Waals surface area contributed by atoms with E-state index in [2.05, 4.69) is 61.1 Å². The Hall–Kier alpha value is -2.10. The van der Waals surface area contributed by atoms with Crippen LogP contribution in [0.3, 0.4) is 0 Å². The second kappa shape index (κ2) is 7.20. The summed E-state index contributed by atoms with van der Waals surface area (Å²) in [6.07, 6.45) is 4.29. The molecule has 0 aliphatic carbocycles. The van der Waals surface area contributed by atoms with Gasteiger partial charge in [-0.3, -0.25) is 0 Å². The number of hydrogen-bond donors (Lipinski definition) is 1. The monoisotopic (exact) mass is 324 g/mol. The lowest BCUT2D eigenvalue weighted by molar-refractivity contribution is 0.434. The third-order valence-electron chi connectivity index (χ3n) is 4.89. The van der Waals surface area contributed by atoms with Crippen LogP contribution >= 0.6 is 0 Å². The van der Waals surface area contributed by atoms with Crippen LogP contribution in [0.2, 0.25) is 0 Å². The van der Waals surface area contributed by atoms with E-state index in [1.807, 2.05) is 12.3 Å². The first-order valence-electron chi connectivity index (χ1n) is 8.99. The zero-order valence-electron chi connectivity index (χ0n) is 15.2. The van der Waals surface area contributed by atoms with Gasteiger partial charge in [0.2, 0.25) is 5.95 Å². The molecule has 1 aromatic carbocycles. The van der Waals surface area contributed by atoms with Crippen LogP contribution in [0, 0.1) is 12.8 Å². The number of aromatic nitrogens is 2. The standard InChI is InChI=1S/C20H28N4/c1-14(2)17-7-5-6-16(4)19(17)22-18-8-11-21-20(23-18)24-12-9-15(3)10-13-24/h5-8,11,14-15H,9-10,12-13H2,1-4H3,(H,21,22,23). The molecule has 0 unspecified atom stereocenters. The Morgan fingerprint density at radius 1 is 1.17 bits per heavy atom. The van der Waals surface area contributed by atoms with E-state index in [1.165, 1.54) is 29.7 Å². The van der Waals surface area contributed by atoms with Crippen molar-refractivity contribution in [1.29, 1.82) is 0 Å². The van der Waals surface area contributed by atoms with Gasteiger partial charge < -0.3 is 10.2 Å². The van der Waals surface area contributed by atoms with Gasteiger partial charge in [0, 0.05) is 25.0 Å². The minimum Gasteiger partial charge on any atom is -0.341 e. The van der Waals surface area contributed by atoms with Gasteiger partial charge in [-0.1, -0.05) is 39.0 Å². The molecule has 4 nitrogen and oxygen atoms in total.